The van der Waals surface area contributed by atoms with E-state index < -0.39 is 16.4 Å². The number of aromatic nitrogens is 1. The second-order valence-electron chi connectivity index (χ2n) is 8.01. The lowest BCUT2D eigenvalue weighted by molar-refractivity contribution is 0.198. The van der Waals surface area contributed by atoms with E-state index in [0.29, 0.717) is 23.5 Å². The summed E-state index contributed by atoms with van der Waals surface area (Å²) in [6.07, 6.45) is 4.44. The van der Waals surface area contributed by atoms with Gasteiger partial charge in [-0.2, -0.15) is 5.26 Å². The number of rotatable bonds is 6. The highest BCUT2D eigenvalue weighted by atomic mass is 32.2. The number of pyridine rings is 1. The minimum atomic E-state index is -1.10. The van der Waals surface area contributed by atoms with E-state index in [2.05, 4.69) is 27.5 Å². The van der Waals surface area contributed by atoms with Gasteiger partial charge in [0.25, 0.3) is 5.56 Å². The molecule has 3 rings (SSSR count). The number of nitrogens with one attached hydrogen (secondary N) is 1. The van der Waals surface area contributed by atoms with E-state index in [-0.39, 0.29) is 28.9 Å². The van der Waals surface area contributed by atoms with Gasteiger partial charge in [0.15, 0.2) is 0 Å². The standard InChI is InChI=1S/C23H28N6O2S/c1-14(2)29-11-9-15(8-10-24)19(13-29)18-12-27-23(30)20(21(18)25)22(26)28-16-4-6-17(7-5-16)32(3)31/h4-7,12,15,19H,1,8-9,11,13H2,2-3H3,(H2,26,28)(H3,25,27,30)/t15-,19-,32?/m1/s1. The molecule has 1 aromatic heterocycles. The van der Waals surface area contributed by atoms with Gasteiger partial charge in [0.05, 0.1) is 17.4 Å². The molecule has 168 valence electrons. The first-order valence-corrected chi connectivity index (χ1v) is 11.8. The number of aromatic amines is 1. The van der Waals surface area contributed by atoms with Crippen LogP contribution in [0.2, 0.25) is 0 Å². The Hall–Kier alpha value is -3.38. The molecule has 32 heavy (non-hydrogen) atoms. The monoisotopic (exact) mass is 452 g/mol. The molecule has 9 heteroatoms. The Balaban J connectivity index is 2.02. The maximum atomic E-state index is 12.6. The van der Waals surface area contributed by atoms with E-state index in [9.17, 15) is 14.3 Å². The van der Waals surface area contributed by atoms with Gasteiger partial charge < -0.3 is 21.4 Å². The number of piperidine rings is 1. The summed E-state index contributed by atoms with van der Waals surface area (Å²) in [5, 5.41) is 9.30. The maximum Gasteiger partial charge on any atom is 0.261 e. The first-order valence-electron chi connectivity index (χ1n) is 10.3. The van der Waals surface area contributed by atoms with Crippen molar-refractivity contribution in [2.75, 3.05) is 25.1 Å². The molecule has 0 bridgehead atoms. The number of hydrogen-bond donors (Lipinski definition) is 3. The lowest BCUT2D eigenvalue weighted by Crippen LogP contribution is -2.39. The zero-order valence-corrected chi connectivity index (χ0v) is 19.1. The Morgan fingerprint density at radius 2 is 2.09 bits per heavy atom. The predicted octanol–water partition coefficient (Wildman–Crippen LogP) is 2.58. The van der Waals surface area contributed by atoms with E-state index >= 15 is 0 Å². The van der Waals surface area contributed by atoms with Crippen LogP contribution in [0.5, 0.6) is 0 Å². The van der Waals surface area contributed by atoms with Crippen LogP contribution in [0, 0.1) is 17.2 Å². The normalized spacial score (nSPS) is 19.9. The lowest BCUT2D eigenvalue weighted by Gasteiger charge is -2.40. The third-order valence-corrected chi connectivity index (χ3v) is 6.83. The zero-order valence-electron chi connectivity index (χ0n) is 18.3. The van der Waals surface area contributed by atoms with E-state index in [0.717, 1.165) is 24.2 Å². The Morgan fingerprint density at radius 1 is 1.41 bits per heavy atom. The number of benzene rings is 1. The number of allylic oxidation sites excluding steroid dienone is 1. The number of nitrogens with zero attached hydrogens (tertiary/aromatic N) is 3. The Kier molecular flexibility index (Phi) is 7.15. The quantitative estimate of drug-likeness (QED) is 0.454. The number of nitrogen functional groups attached to an aromatic ring is 1. The molecule has 0 aliphatic carbocycles. The number of likely N-dealkylation sites (tertiary alicyclic amines) is 1. The predicted molar refractivity (Wildman–Crippen MR) is 128 cm³/mol. The summed E-state index contributed by atoms with van der Waals surface area (Å²) >= 11 is 0. The van der Waals surface area contributed by atoms with Crippen LogP contribution in [0.15, 0.2) is 57.4 Å². The van der Waals surface area contributed by atoms with Crippen LogP contribution in [0.25, 0.3) is 0 Å². The molecule has 0 amide bonds. The van der Waals surface area contributed by atoms with Crippen molar-refractivity contribution in [2.24, 2.45) is 16.6 Å². The molecule has 3 atom stereocenters. The van der Waals surface area contributed by atoms with Crippen LogP contribution < -0.4 is 17.0 Å². The molecule has 1 unspecified atom stereocenters. The summed E-state index contributed by atoms with van der Waals surface area (Å²) < 4.78 is 11.6. The lowest BCUT2D eigenvalue weighted by atomic mass is 9.78. The summed E-state index contributed by atoms with van der Waals surface area (Å²) in [6.45, 7) is 7.48. The van der Waals surface area contributed by atoms with Gasteiger partial charge in [0.2, 0.25) is 0 Å². The molecule has 1 saturated heterocycles. The van der Waals surface area contributed by atoms with Gasteiger partial charge in [-0.1, -0.05) is 6.58 Å². The van der Waals surface area contributed by atoms with Gasteiger partial charge in [-0.05, 0) is 49.1 Å². The summed E-state index contributed by atoms with van der Waals surface area (Å²) in [6, 6.07) is 9.05. The topological polar surface area (TPSA) is 141 Å². The van der Waals surface area contributed by atoms with Crippen molar-refractivity contribution in [1.29, 1.82) is 5.26 Å². The number of nitriles is 1. The molecule has 5 N–H and O–H groups in total. The van der Waals surface area contributed by atoms with Crippen LogP contribution in [-0.2, 0) is 10.8 Å². The first kappa shape index (κ1) is 23.3. The Morgan fingerprint density at radius 3 is 2.69 bits per heavy atom. The van der Waals surface area contributed by atoms with E-state index in [4.69, 9.17) is 11.5 Å². The van der Waals surface area contributed by atoms with E-state index in [1.165, 1.54) is 0 Å². The van der Waals surface area contributed by atoms with Gasteiger partial charge in [-0.25, -0.2) is 4.99 Å². The van der Waals surface area contributed by atoms with E-state index in [1.807, 2.05) is 6.92 Å². The second kappa shape index (κ2) is 9.83. The highest BCUT2D eigenvalue weighted by molar-refractivity contribution is 7.84. The molecule has 0 spiro atoms. The number of aliphatic imine (C=N–C) groups is 1. The smallest absolute Gasteiger partial charge is 0.261 e. The van der Waals surface area contributed by atoms with Crippen molar-refractivity contribution < 1.29 is 4.21 Å². The second-order valence-corrected chi connectivity index (χ2v) is 9.39. The number of H-pyrrole nitrogens is 1. The average Bonchev–Trinajstić information content (AvgIpc) is 2.75. The molecule has 0 radical (unpaired) electrons. The maximum absolute atomic E-state index is 12.6. The highest BCUT2D eigenvalue weighted by Crippen LogP contribution is 2.38. The number of amidine groups is 1. The molecule has 1 aliphatic heterocycles. The van der Waals surface area contributed by atoms with Gasteiger partial charge in [-0.3, -0.25) is 9.00 Å². The summed E-state index contributed by atoms with van der Waals surface area (Å²) in [7, 11) is -1.10. The summed E-state index contributed by atoms with van der Waals surface area (Å²) in [5.41, 5.74) is 14.9. The van der Waals surface area contributed by atoms with Gasteiger partial charge in [0.1, 0.15) is 11.4 Å². The fraction of sp³-hybridized carbons (Fsp3) is 0.348. The van der Waals surface area contributed by atoms with Crippen molar-refractivity contribution in [2.45, 2.75) is 30.6 Å². The van der Waals surface area contributed by atoms with Crippen molar-refractivity contribution in [3.8, 4) is 6.07 Å². The number of anilines is 1. The van der Waals surface area contributed by atoms with Gasteiger partial charge >= 0.3 is 0 Å². The van der Waals surface area contributed by atoms with Crippen molar-refractivity contribution in [3.63, 3.8) is 0 Å². The van der Waals surface area contributed by atoms with Gasteiger partial charge in [0, 0.05) is 59.3 Å². The molecular weight excluding hydrogens is 424 g/mol. The summed E-state index contributed by atoms with van der Waals surface area (Å²) in [4.78, 5) is 22.6. The Labute approximate surface area is 190 Å². The van der Waals surface area contributed by atoms with Crippen LogP contribution in [0.3, 0.4) is 0 Å². The molecule has 1 fully saturated rings. The minimum absolute atomic E-state index is 0.000343. The Bertz CT molecular complexity index is 1160. The molecule has 1 aromatic carbocycles. The average molecular weight is 453 g/mol. The van der Waals surface area contributed by atoms with Crippen molar-refractivity contribution in [1.82, 2.24) is 9.88 Å². The van der Waals surface area contributed by atoms with E-state index in [1.54, 1.807) is 36.7 Å². The summed E-state index contributed by atoms with van der Waals surface area (Å²) in [5.74, 6) is 0.0555. The van der Waals surface area contributed by atoms with Crippen molar-refractivity contribution >= 4 is 28.0 Å². The number of hydrogen-bond acceptors (Lipinski definition) is 6. The van der Waals surface area contributed by atoms with Crippen molar-refractivity contribution in [3.05, 3.63) is 64.2 Å². The molecule has 8 nitrogen and oxygen atoms in total. The first-order chi connectivity index (χ1) is 15.2. The highest BCUT2D eigenvalue weighted by Gasteiger charge is 2.32. The third kappa shape index (κ3) is 4.92. The molecular formula is C23H28N6O2S. The van der Waals surface area contributed by atoms with Crippen LogP contribution in [0.4, 0.5) is 11.4 Å². The minimum Gasteiger partial charge on any atom is -0.398 e. The SMILES string of the molecule is C=C(C)N1CC[C@@H](CC#N)[C@H](c2c[nH]c(=O)c(C(N)=Nc3ccc(S(C)=O)cc3)c2N)C1. The van der Waals surface area contributed by atoms with Crippen LogP contribution >= 0.6 is 0 Å². The zero-order chi connectivity index (χ0) is 23.4. The van der Waals surface area contributed by atoms with Crippen LogP contribution in [-0.4, -0.2) is 39.3 Å². The number of nitrogens with two attached hydrogens (primary N) is 2. The third-order valence-electron chi connectivity index (χ3n) is 5.89. The van der Waals surface area contributed by atoms with Gasteiger partial charge in [-0.15, -0.1) is 0 Å². The fourth-order valence-electron chi connectivity index (χ4n) is 4.09. The van der Waals surface area contributed by atoms with Crippen LogP contribution in [0.1, 0.15) is 36.8 Å². The molecule has 2 aromatic rings. The molecule has 0 saturated carbocycles. The molecule has 1 aliphatic rings. The fourth-order valence-corrected chi connectivity index (χ4v) is 4.61. The largest absolute Gasteiger partial charge is 0.398 e. The molecule has 2 heterocycles.